The van der Waals surface area contributed by atoms with Crippen LogP contribution in [-0.2, 0) is 4.79 Å². The summed E-state index contributed by atoms with van der Waals surface area (Å²) in [4.78, 5) is 10.6. The van der Waals surface area contributed by atoms with Crippen LogP contribution in [-0.4, -0.2) is 6.47 Å². The molecule has 0 atom stereocenters. The van der Waals surface area contributed by atoms with Crippen LogP contribution in [0.1, 0.15) is 0 Å². The normalized spacial score (nSPS) is 11.0. The molecule has 0 radical (unpaired) electrons. The molecular weight excluding hydrogens is 260 g/mol. The molecular formula is C19H12O2. The van der Waals surface area contributed by atoms with Gasteiger partial charge >= 0.3 is 0 Å². The molecule has 0 aromatic heterocycles. The molecule has 2 nitrogen and oxygen atoms in total. The van der Waals surface area contributed by atoms with E-state index in [9.17, 15) is 4.79 Å². The van der Waals surface area contributed by atoms with Crippen LogP contribution in [0.3, 0.4) is 0 Å². The van der Waals surface area contributed by atoms with Crippen LogP contribution < -0.4 is 4.74 Å². The first kappa shape index (κ1) is 11.9. The van der Waals surface area contributed by atoms with E-state index in [1.54, 1.807) is 0 Å². The first-order valence-corrected chi connectivity index (χ1v) is 6.81. The van der Waals surface area contributed by atoms with E-state index in [0.29, 0.717) is 12.2 Å². The molecule has 0 bridgehead atoms. The van der Waals surface area contributed by atoms with E-state index in [1.807, 2.05) is 30.3 Å². The first-order valence-electron chi connectivity index (χ1n) is 6.81. The first-order chi connectivity index (χ1) is 10.3. The lowest BCUT2D eigenvalue weighted by Crippen LogP contribution is -1.89. The van der Waals surface area contributed by atoms with E-state index in [1.165, 1.54) is 16.2 Å². The third kappa shape index (κ3) is 1.93. The number of hydrogen-bond donors (Lipinski definition) is 0. The van der Waals surface area contributed by atoms with E-state index >= 15 is 0 Å². The zero-order valence-electron chi connectivity index (χ0n) is 11.2. The van der Waals surface area contributed by atoms with Crippen LogP contribution in [0, 0.1) is 0 Å². The van der Waals surface area contributed by atoms with Gasteiger partial charge in [-0.15, -0.1) is 0 Å². The number of carbonyl (C=O) groups excluding carboxylic acids is 1. The molecule has 0 aliphatic rings. The Morgan fingerprint density at radius 2 is 1.29 bits per heavy atom. The molecule has 0 aliphatic carbocycles. The molecule has 4 aromatic carbocycles. The Morgan fingerprint density at radius 1 is 0.667 bits per heavy atom. The molecule has 0 heterocycles. The molecule has 2 heteroatoms. The van der Waals surface area contributed by atoms with Crippen molar-refractivity contribution in [3.8, 4) is 5.75 Å². The summed E-state index contributed by atoms with van der Waals surface area (Å²) in [5.41, 5.74) is 0. The summed E-state index contributed by atoms with van der Waals surface area (Å²) in [7, 11) is 0. The smallest absolute Gasteiger partial charge is 0.298 e. The van der Waals surface area contributed by atoms with Crippen LogP contribution in [0.4, 0.5) is 0 Å². The van der Waals surface area contributed by atoms with Gasteiger partial charge in [-0.25, -0.2) is 0 Å². The van der Waals surface area contributed by atoms with E-state index in [2.05, 4.69) is 36.4 Å². The quantitative estimate of drug-likeness (QED) is 0.391. The van der Waals surface area contributed by atoms with Crippen molar-refractivity contribution in [3.63, 3.8) is 0 Å². The Balaban J connectivity index is 2.10. The van der Waals surface area contributed by atoms with Gasteiger partial charge in [-0.05, 0) is 57.3 Å². The number of ether oxygens (including phenoxy) is 1. The third-order valence-corrected chi connectivity index (χ3v) is 3.84. The van der Waals surface area contributed by atoms with Gasteiger partial charge in [0.2, 0.25) is 0 Å². The molecule has 0 unspecified atom stereocenters. The van der Waals surface area contributed by atoms with Gasteiger partial charge in [-0.3, -0.25) is 4.79 Å². The van der Waals surface area contributed by atoms with Crippen LogP contribution in [0.5, 0.6) is 5.75 Å². The van der Waals surface area contributed by atoms with Crippen LogP contribution in [0.2, 0.25) is 0 Å². The summed E-state index contributed by atoms with van der Waals surface area (Å²) in [6.45, 7) is 0.472. The van der Waals surface area contributed by atoms with E-state index in [4.69, 9.17) is 4.74 Å². The molecule has 4 aromatic rings. The van der Waals surface area contributed by atoms with Gasteiger partial charge in [0.25, 0.3) is 6.47 Å². The molecule has 0 amide bonds. The van der Waals surface area contributed by atoms with Crippen molar-refractivity contribution >= 4 is 38.8 Å². The van der Waals surface area contributed by atoms with Gasteiger partial charge in [0.15, 0.2) is 0 Å². The largest absolute Gasteiger partial charge is 0.428 e. The summed E-state index contributed by atoms with van der Waals surface area (Å²) >= 11 is 0. The fraction of sp³-hybridized carbons (Fsp3) is 0. The van der Waals surface area contributed by atoms with Crippen molar-refractivity contribution in [2.75, 3.05) is 0 Å². The number of rotatable bonds is 2. The molecule has 21 heavy (non-hydrogen) atoms. The number of benzene rings is 4. The minimum atomic E-state index is 0.472. The topological polar surface area (TPSA) is 26.3 Å². The Hall–Kier alpha value is -2.87. The summed E-state index contributed by atoms with van der Waals surface area (Å²) < 4.78 is 5.07. The Bertz CT molecular complexity index is 986. The lowest BCUT2D eigenvalue weighted by atomic mass is 9.99. The van der Waals surface area contributed by atoms with Gasteiger partial charge in [-0.2, -0.15) is 0 Å². The lowest BCUT2D eigenvalue weighted by Gasteiger charge is -2.07. The van der Waals surface area contributed by atoms with Crippen LogP contribution in [0.15, 0.2) is 66.7 Å². The Labute approximate surface area is 121 Å². The highest BCUT2D eigenvalue weighted by molar-refractivity contribution is 6.06. The van der Waals surface area contributed by atoms with E-state index < -0.39 is 0 Å². The molecule has 0 saturated heterocycles. The second kappa shape index (κ2) is 4.60. The zero-order valence-corrected chi connectivity index (χ0v) is 11.2. The highest BCUT2D eigenvalue weighted by atomic mass is 16.5. The molecule has 100 valence electrons. The minimum absolute atomic E-state index is 0.472. The third-order valence-electron chi connectivity index (χ3n) is 3.84. The van der Waals surface area contributed by atoms with Gasteiger partial charge in [0.05, 0.1) is 0 Å². The van der Waals surface area contributed by atoms with Crippen molar-refractivity contribution in [1.82, 2.24) is 0 Å². The molecule has 0 saturated carbocycles. The number of hydrogen-bond acceptors (Lipinski definition) is 2. The van der Waals surface area contributed by atoms with Crippen molar-refractivity contribution in [2.24, 2.45) is 0 Å². The lowest BCUT2D eigenvalue weighted by molar-refractivity contribution is -0.120. The maximum Gasteiger partial charge on any atom is 0.298 e. The SMILES string of the molecule is O=COc1cccc2cc3cc4ccccc4cc3cc12. The predicted molar refractivity (Wildman–Crippen MR) is 85.7 cm³/mol. The second-order valence-electron chi connectivity index (χ2n) is 5.09. The number of fused-ring (bicyclic) bond motifs is 3. The molecule has 4 rings (SSSR count). The van der Waals surface area contributed by atoms with Crippen LogP contribution in [0.25, 0.3) is 32.3 Å². The minimum Gasteiger partial charge on any atom is -0.428 e. The van der Waals surface area contributed by atoms with Crippen LogP contribution >= 0.6 is 0 Å². The van der Waals surface area contributed by atoms with Crippen molar-refractivity contribution in [2.45, 2.75) is 0 Å². The summed E-state index contributed by atoms with van der Waals surface area (Å²) in [5.74, 6) is 0.595. The van der Waals surface area contributed by atoms with Crippen molar-refractivity contribution in [1.29, 1.82) is 0 Å². The summed E-state index contributed by atoms with van der Waals surface area (Å²) in [6, 6.07) is 22.6. The highest BCUT2D eigenvalue weighted by Crippen LogP contribution is 2.31. The molecule has 0 N–H and O–H groups in total. The van der Waals surface area contributed by atoms with Gasteiger partial charge < -0.3 is 4.74 Å². The maximum atomic E-state index is 10.6. The van der Waals surface area contributed by atoms with Crippen molar-refractivity contribution < 1.29 is 9.53 Å². The maximum absolute atomic E-state index is 10.6. The van der Waals surface area contributed by atoms with E-state index in [0.717, 1.165) is 16.2 Å². The monoisotopic (exact) mass is 272 g/mol. The Kier molecular flexibility index (Phi) is 2.61. The molecule has 0 fully saturated rings. The standard InChI is InChI=1S/C19H12O2/c20-12-21-19-7-3-6-15-10-16-8-13-4-1-2-5-14(13)9-17(16)11-18(15)19/h1-12H. The average molecular weight is 272 g/mol. The second-order valence-corrected chi connectivity index (χ2v) is 5.09. The highest BCUT2D eigenvalue weighted by Gasteiger charge is 2.05. The number of carbonyl (C=O) groups is 1. The predicted octanol–water partition coefficient (Wildman–Crippen LogP) is 4.68. The van der Waals surface area contributed by atoms with Gasteiger partial charge in [0, 0.05) is 5.39 Å². The fourth-order valence-corrected chi connectivity index (χ4v) is 2.84. The summed E-state index contributed by atoms with van der Waals surface area (Å²) in [6.07, 6.45) is 0. The van der Waals surface area contributed by atoms with Gasteiger partial charge in [-0.1, -0.05) is 36.4 Å². The van der Waals surface area contributed by atoms with E-state index in [-0.39, 0.29) is 0 Å². The fourth-order valence-electron chi connectivity index (χ4n) is 2.84. The molecule has 0 aliphatic heterocycles. The summed E-state index contributed by atoms with van der Waals surface area (Å²) in [5, 5.41) is 6.78. The van der Waals surface area contributed by atoms with Crippen molar-refractivity contribution in [3.05, 3.63) is 66.7 Å². The average Bonchev–Trinajstić information content (AvgIpc) is 2.52. The van der Waals surface area contributed by atoms with Gasteiger partial charge in [0.1, 0.15) is 5.75 Å². The zero-order chi connectivity index (χ0) is 14.2. The Morgan fingerprint density at radius 3 is 2.00 bits per heavy atom. The molecule has 0 spiro atoms.